The van der Waals surface area contributed by atoms with Crippen molar-refractivity contribution in [1.29, 1.82) is 0 Å². The molecule has 0 saturated carbocycles. The number of aromatic nitrogens is 1. The summed E-state index contributed by atoms with van der Waals surface area (Å²) in [5, 5.41) is 6.60. The van der Waals surface area contributed by atoms with Crippen molar-refractivity contribution in [3.8, 4) is 17.2 Å². The normalized spacial score (nSPS) is 11.0. The molecule has 0 amide bonds. The first-order valence-corrected chi connectivity index (χ1v) is 8.88. The van der Waals surface area contributed by atoms with E-state index in [1.165, 1.54) is 0 Å². The van der Waals surface area contributed by atoms with Crippen molar-refractivity contribution in [2.24, 2.45) is 4.99 Å². The van der Waals surface area contributed by atoms with Gasteiger partial charge in [-0.25, -0.2) is 4.98 Å². The Morgan fingerprint density at radius 1 is 0.964 bits per heavy atom. The molecule has 8 nitrogen and oxygen atoms in total. The number of methoxy groups -OCH3 is 3. The molecule has 152 valence electrons. The number of ether oxygens (including phenoxy) is 3. The molecule has 0 aliphatic carbocycles. The topological polar surface area (TPSA) is 80.2 Å². The van der Waals surface area contributed by atoms with Gasteiger partial charge in [0.2, 0.25) is 5.75 Å². The van der Waals surface area contributed by atoms with Crippen LogP contribution in [0.1, 0.15) is 11.1 Å². The van der Waals surface area contributed by atoms with E-state index in [0.29, 0.717) is 36.3 Å². The Morgan fingerprint density at radius 2 is 1.57 bits per heavy atom. The number of pyridine rings is 1. The number of aliphatic imine (C=N–C) groups is 1. The maximum Gasteiger partial charge on any atom is 0.203 e. The molecule has 28 heavy (non-hydrogen) atoms. The molecule has 0 fully saturated rings. The molecule has 0 aliphatic rings. The molecular formula is C20H29N5O3. The summed E-state index contributed by atoms with van der Waals surface area (Å²) >= 11 is 0. The van der Waals surface area contributed by atoms with E-state index in [1.54, 1.807) is 34.6 Å². The average molecular weight is 387 g/mol. The van der Waals surface area contributed by atoms with Crippen LogP contribution in [0.15, 0.2) is 35.5 Å². The van der Waals surface area contributed by atoms with Crippen LogP contribution in [0, 0.1) is 0 Å². The highest BCUT2D eigenvalue weighted by Crippen LogP contribution is 2.38. The fraction of sp³-hybridized carbons (Fsp3) is 0.400. The zero-order valence-electron chi connectivity index (χ0n) is 17.4. The smallest absolute Gasteiger partial charge is 0.203 e. The highest BCUT2D eigenvalue weighted by molar-refractivity contribution is 5.79. The molecule has 0 atom stereocenters. The fourth-order valence-corrected chi connectivity index (χ4v) is 2.64. The van der Waals surface area contributed by atoms with E-state index in [9.17, 15) is 0 Å². The molecule has 1 aromatic carbocycles. The van der Waals surface area contributed by atoms with E-state index in [0.717, 1.165) is 16.9 Å². The monoisotopic (exact) mass is 387 g/mol. The Bertz CT molecular complexity index is 783. The molecule has 1 heterocycles. The highest BCUT2D eigenvalue weighted by Gasteiger charge is 2.13. The lowest BCUT2D eigenvalue weighted by molar-refractivity contribution is 0.323. The summed E-state index contributed by atoms with van der Waals surface area (Å²) in [5.41, 5.74) is 2.10. The fourth-order valence-electron chi connectivity index (χ4n) is 2.64. The number of hydrogen-bond donors (Lipinski definition) is 2. The molecule has 0 unspecified atom stereocenters. The largest absolute Gasteiger partial charge is 0.493 e. The van der Waals surface area contributed by atoms with Gasteiger partial charge in [0.05, 0.1) is 21.3 Å². The quantitative estimate of drug-likeness (QED) is 0.530. The molecule has 0 spiro atoms. The molecule has 8 heteroatoms. The zero-order valence-corrected chi connectivity index (χ0v) is 17.4. The third-order valence-electron chi connectivity index (χ3n) is 4.14. The van der Waals surface area contributed by atoms with Gasteiger partial charge >= 0.3 is 0 Å². The van der Waals surface area contributed by atoms with Crippen molar-refractivity contribution in [2.75, 3.05) is 47.4 Å². The van der Waals surface area contributed by atoms with Crippen LogP contribution in [0.3, 0.4) is 0 Å². The van der Waals surface area contributed by atoms with Crippen molar-refractivity contribution in [2.45, 2.75) is 13.1 Å². The number of benzene rings is 1. The van der Waals surface area contributed by atoms with Crippen LogP contribution in [-0.4, -0.2) is 53.4 Å². The van der Waals surface area contributed by atoms with E-state index in [-0.39, 0.29) is 0 Å². The second-order valence-corrected chi connectivity index (χ2v) is 6.23. The summed E-state index contributed by atoms with van der Waals surface area (Å²) < 4.78 is 16.2. The first-order valence-electron chi connectivity index (χ1n) is 8.88. The van der Waals surface area contributed by atoms with Gasteiger partial charge in [0.15, 0.2) is 17.5 Å². The van der Waals surface area contributed by atoms with Gasteiger partial charge < -0.3 is 29.7 Å². The number of nitrogens with zero attached hydrogens (tertiary/aromatic N) is 3. The Kier molecular flexibility index (Phi) is 7.74. The molecular weight excluding hydrogens is 358 g/mol. The molecule has 0 aliphatic heterocycles. The minimum Gasteiger partial charge on any atom is -0.493 e. The van der Waals surface area contributed by atoms with E-state index in [2.05, 4.69) is 20.6 Å². The summed E-state index contributed by atoms with van der Waals surface area (Å²) in [7, 11) is 10.5. The van der Waals surface area contributed by atoms with Gasteiger partial charge in [-0.15, -0.1) is 0 Å². The third-order valence-corrected chi connectivity index (χ3v) is 4.14. The minimum absolute atomic E-state index is 0.551. The molecule has 2 N–H and O–H groups in total. The standard InChI is InChI=1S/C20H29N5O3/c1-21-20(23-12-14-7-8-22-18(11-14)25(2)3)24-13-15-9-16(26-4)19(28-6)17(10-15)27-5/h7-11H,12-13H2,1-6H3,(H2,21,23,24). The van der Waals surface area contributed by atoms with Crippen LogP contribution in [0.2, 0.25) is 0 Å². The van der Waals surface area contributed by atoms with Crippen LogP contribution in [0.4, 0.5) is 5.82 Å². The van der Waals surface area contributed by atoms with Crippen molar-refractivity contribution < 1.29 is 14.2 Å². The average Bonchev–Trinajstić information content (AvgIpc) is 2.73. The SMILES string of the molecule is CN=C(NCc1ccnc(N(C)C)c1)NCc1cc(OC)c(OC)c(OC)c1. The lowest BCUT2D eigenvalue weighted by Gasteiger charge is -2.16. The number of guanidine groups is 1. The van der Waals surface area contributed by atoms with Gasteiger partial charge in [0, 0.05) is 40.4 Å². The third kappa shape index (κ3) is 5.42. The van der Waals surface area contributed by atoms with Crippen LogP contribution >= 0.6 is 0 Å². The van der Waals surface area contributed by atoms with E-state index >= 15 is 0 Å². The molecule has 1 aromatic heterocycles. The molecule has 0 bridgehead atoms. The van der Waals surface area contributed by atoms with Crippen LogP contribution in [-0.2, 0) is 13.1 Å². The first kappa shape index (κ1) is 21.1. The maximum absolute atomic E-state index is 5.40. The van der Waals surface area contributed by atoms with E-state index in [1.807, 2.05) is 43.3 Å². The molecule has 0 radical (unpaired) electrons. The minimum atomic E-state index is 0.551. The van der Waals surface area contributed by atoms with Gasteiger partial charge in [0.1, 0.15) is 5.82 Å². The van der Waals surface area contributed by atoms with Crippen LogP contribution in [0.25, 0.3) is 0 Å². The summed E-state index contributed by atoms with van der Waals surface area (Å²) in [6.07, 6.45) is 1.80. The summed E-state index contributed by atoms with van der Waals surface area (Å²) in [6.45, 7) is 1.19. The van der Waals surface area contributed by atoms with Gasteiger partial charge in [0.25, 0.3) is 0 Å². The summed E-state index contributed by atoms with van der Waals surface area (Å²) in [6, 6.07) is 7.84. The number of anilines is 1. The van der Waals surface area contributed by atoms with Gasteiger partial charge in [-0.2, -0.15) is 0 Å². The second kappa shape index (κ2) is 10.2. The predicted molar refractivity (Wildman–Crippen MR) is 112 cm³/mol. The molecule has 0 saturated heterocycles. The lowest BCUT2D eigenvalue weighted by Crippen LogP contribution is -2.36. The van der Waals surface area contributed by atoms with Gasteiger partial charge in [-0.3, -0.25) is 4.99 Å². The lowest BCUT2D eigenvalue weighted by atomic mass is 10.2. The van der Waals surface area contributed by atoms with Crippen molar-refractivity contribution >= 4 is 11.8 Å². The van der Waals surface area contributed by atoms with Gasteiger partial charge in [-0.1, -0.05) is 0 Å². The Labute approximate surface area is 166 Å². The highest BCUT2D eigenvalue weighted by atomic mass is 16.5. The van der Waals surface area contributed by atoms with E-state index < -0.39 is 0 Å². The number of hydrogen-bond acceptors (Lipinski definition) is 6. The van der Waals surface area contributed by atoms with Gasteiger partial charge in [-0.05, 0) is 35.4 Å². The Balaban J connectivity index is 2.01. The summed E-state index contributed by atoms with van der Waals surface area (Å²) in [4.78, 5) is 10.6. The van der Waals surface area contributed by atoms with Crippen LogP contribution in [0.5, 0.6) is 17.2 Å². The molecule has 2 aromatic rings. The number of rotatable bonds is 8. The van der Waals surface area contributed by atoms with Crippen molar-refractivity contribution in [1.82, 2.24) is 15.6 Å². The van der Waals surface area contributed by atoms with Crippen molar-refractivity contribution in [3.63, 3.8) is 0 Å². The maximum atomic E-state index is 5.40. The molecule has 2 rings (SSSR count). The number of nitrogens with one attached hydrogen (secondary N) is 2. The van der Waals surface area contributed by atoms with Crippen molar-refractivity contribution in [3.05, 3.63) is 41.6 Å². The Morgan fingerprint density at radius 3 is 2.07 bits per heavy atom. The van der Waals surface area contributed by atoms with Crippen LogP contribution < -0.4 is 29.7 Å². The summed E-state index contributed by atoms with van der Waals surface area (Å²) in [5.74, 6) is 3.42. The first-order chi connectivity index (χ1) is 13.5. The Hall–Kier alpha value is -3.16. The zero-order chi connectivity index (χ0) is 20.5. The predicted octanol–water partition coefficient (Wildman–Crippen LogP) is 2.04. The van der Waals surface area contributed by atoms with E-state index in [4.69, 9.17) is 14.2 Å². The second-order valence-electron chi connectivity index (χ2n) is 6.23.